The molecule has 5 aromatic heterocycles. The van der Waals surface area contributed by atoms with Crippen molar-refractivity contribution in [2.24, 2.45) is 0 Å². The van der Waals surface area contributed by atoms with Crippen LogP contribution in [0.1, 0.15) is 35.6 Å². The second kappa shape index (κ2) is 48.4. The minimum atomic E-state index is -4.14. The summed E-state index contributed by atoms with van der Waals surface area (Å²) in [5, 5.41) is 15.7. The van der Waals surface area contributed by atoms with Gasteiger partial charge < -0.3 is 65.6 Å². The van der Waals surface area contributed by atoms with Crippen LogP contribution >= 0.6 is 228 Å². The molecule has 0 amide bonds. The average Bonchev–Trinajstić information content (AvgIpc) is 2.24. The Hall–Kier alpha value is 3.70. The summed E-state index contributed by atoms with van der Waals surface area (Å²) in [6, 6.07) is 0. The molecule has 0 aliphatic carbocycles. The quantitative estimate of drug-likeness (QED) is 0.0390. The third kappa shape index (κ3) is 39.2. The van der Waals surface area contributed by atoms with Crippen molar-refractivity contribution < 1.29 is 91.9 Å². The van der Waals surface area contributed by atoms with Crippen molar-refractivity contribution in [1.82, 2.24) is 4.90 Å². The van der Waals surface area contributed by atoms with E-state index in [4.69, 9.17) is 54.2 Å². The number of likely N-dealkylation sites (N-methyl/N-ethyl adjacent to an activating group) is 3. The summed E-state index contributed by atoms with van der Waals surface area (Å²) in [7, 11) is 6.11. The minimum absolute atomic E-state index is 0. The van der Waals surface area contributed by atoms with E-state index in [1.807, 2.05) is 106 Å². The molecule has 4 aliphatic heterocycles. The second-order valence-electron chi connectivity index (χ2n) is 19.6. The van der Waals surface area contributed by atoms with E-state index in [-0.39, 0.29) is 48.3 Å². The fourth-order valence-corrected chi connectivity index (χ4v) is 12.7. The number of hydrogen-bond donors (Lipinski definition) is 0. The van der Waals surface area contributed by atoms with E-state index in [1.54, 1.807) is 52.5 Å². The van der Waals surface area contributed by atoms with Gasteiger partial charge in [-0.15, -0.1) is 68.3 Å². The molecule has 86 heavy (non-hydrogen) atoms. The van der Waals surface area contributed by atoms with Crippen LogP contribution in [0, 0.1) is 20.8 Å². The summed E-state index contributed by atoms with van der Waals surface area (Å²) in [5.41, 5.74) is 1.22. The molecule has 497 valence electrons. The van der Waals surface area contributed by atoms with Crippen molar-refractivity contribution in [2.75, 3.05) is 131 Å². The van der Waals surface area contributed by atoms with Crippen molar-refractivity contribution >= 4 is 248 Å². The van der Waals surface area contributed by atoms with E-state index >= 15 is 0 Å². The summed E-state index contributed by atoms with van der Waals surface area (Å²) in [4.78, 5) is 6.03. The predicted molar refractivity (Wildman–Crippen MR) is 418 cm³/mol. The Morgan fingerprint density at radius 3 is 1.35 bits per heavy atom. The fraction of sp³-hybridized carbons (Fsp3) is 0.600. The van der Waals surface area contributed by atoms with Gasteiger partial charge in [0.2, 0.25) is 0 Å². The molecule has 36 heteroatoms. The number of rotatable bonds is 16. The first-order valence-electron chi connectivity index (χ1n) is 24.9. The molecule has 4 atom stereocenters. The van der Waals surface area contributed by atoms with Gasteiger partial charge in [0.15, 0.2) is 58.2 Å². The molecule has 0 bridgehead atoms. The SMILES string of the molecule is C.CI.CN(C)CC1COc2cscc2O1.COc1cscc1C.C[N+](C)(CCCS(=O)(=O)[O-])CC1COc2cscc2O1.Cc1sc(C)c2c1OCC(C[N+](C)(C)CCCS(=O)(=O)[O-])O2.ClCC1COc2cscc2O1.II.[I][V]([I])[I].[I][V][I]. The molecule has 0 spiro atoms. The molecule has 0 saturated carbocycles. The number of fused-ring (bicyclic) bond motifs is 4. The summed E-state index contributed by atoms with van der Waals surface area (Å²) in [6.45, 7) is 11.8. The first-order valence-corrected chi connectivity index (χ1v) is 64.2. The van der Waals surface area contributed by atoms with Gasteiger partial charge in [-0.25, -0.2) is 16.8 Å². The van der Waals surface area contributed by atoms with Gasteiger partial charge in [0.05, 0.1) is 74.5 Å². The number of hydrogen-bond acceptors (Lipinski definition) is 21. The number of thiophene rings is 5. The molecule has 0 aromatic carbocycles. The number of alkyl halides is 2. The van der Waals surface area contributed by atoms with Crippen LogP contribution in [-0.2, 0) is 34.6 Å². The zero-order valence-electron chi connectivity index (χ0n) is 48.4. The number of methoxy groups -OCH3 is 1. The third-order valence-electron chi connectivity index (χ3n) is 11.3. The van der Waals surface area contributed by atoms with Crippen LogP contribution in [-0.4, -0.2) is 195 Å². The van der Waals surface area contributed by atoms with Gasteiger partial charge in [-0.05, 0) is 45.2 Å². The number of halogens is 9. The monoisotopic (exact) mass is 2340 g/mol. The Labute approximate surface area is 640 Å². The Balaban J connectivity index is 0.00000103. The molecule has 9 heterocycles. The zero-order chi connectivity index (χ0) is 64.6. The molecular formula is C50H77ClI8N3O15S7V2. The van der Waals surface area contributed by atoms with Crippen LogP contribution in [0.4, 0.5) is 0 Å². The van der Waals surface area contributed by atoms with Gasteiger partial charge in [-0.1, -0.05) is 30.0 Å². The summed E-state index contributed by atoms with van der Waals surface area (Å²) >= 11 is 32.2. The average molecular weight is 2340 g/mol. The summed E-state index contributed by atoms with van der Waals surface area (Å²) in [5.74, 6) is 7.54. The van der Waals surface area contributed by atoms with E-state index in [0.29, 0.717) is 89.8 Å². The number of quaternary nitrogens is 2. The molecule has 0 N–H and O–H groups in total. The molecular weight excluding hydrogens is 2260 g/mol. The van der Waals surface area contributed by atoms with Crippen LogP contribution in [0.2, 0.25) is 0 Å². The Kier molecular flexibility index (Phi) is 50.5. The zero-order valence-corrected chi connectivity index (χ0v) is 75.0. The van der Waals surface area contributed by atoms with E-state index in [9.17, 15) is 25.9 Å². The van der Waals surface area contributed by atoms with E-state index in [1.165, 1.54) is 16.9 Å². The van der Waals surface area contributed by atoms with Crippen molar-refractivity contribution in [3.8, 4) is 51.7 Å². The maximum atomic E-state index is 10.7. The molecule has 0 saturated heterocycles. The molecule has 0 fully saturated rings. The standard InChI is InChI=1S/C14H23NO5S2.C12H19NO5S2.C9H13NO2S.C7H7ClO2S.C6H8OS.CH3I.CH4.I2.5HI.2V/c1-10-13-14(11(2)21-10)20-12(9-19-13)8-15(3,4)6-5-7-22(16,17)18;1-13(2,4-3-5-20(14,15)16)6-10-7-17-11-8-19-9-12(11)18-10;1-10(2)3-7-4-11-8-5-13-6-9(8)12-7;8-1-5-2-9-6-3-11-4-7(6)10-5;1-5-3-8-4-6(5)7-2;1-2;;1-2;;;;;;;/h12H,5-9H2,1-4H3;8-10H,3-7H2,1-2H3;5-7H,3-4H2,1-2H3;3-5H,1-2H2;3-4H,1-2H3;1H3;1H4;;5*1H;;/q;;;;;;;;;;;;;+2;+3/p-5. The van der Waals surface area contributed by atoms with E-state index in [0.717, 1.165) is 68.0 Å². The molecule has 5 aromatic rings. The van der Waals surface area contributed by atoms with Crippen molar-refractivity contribution in [3.05, 3.63) is 58.4 Å². The summed E-state index contributed by atoms with van der Waals surface area (Å²) < 4.78 is 115. The Bertz CT molecular complexity index is 2820. The van der Waals surface area contributed by atoms with Crippen molar-refractivity contribution in [3.63, 3.8) is 0 Å². The van der Waals surface area contributed by atoms with E-state index in [2.05, 4.69) is 170 Å². The van der Waals surface area contributed by atoms with Crippen molar-refractivity contribution in [1.29, 1.82) is 0 Å². The van der Waals surface area contributed by atoms with Gasteiger partial charge in [-0.3, -0.25) is 0 Å². The third-order valence-corrected chi connectivity index (χ3v) is 17.1. The van der Waals surface area contributed by atoms with Crippen LogP contribution in [0.5, 0.6) is 51.7 Å². The van der Waals surface area contributed by atoms with Gasteiger partial charge >= 0.3 is 114 Å². The van der Waals surface area contributed by atoms with Gasteiger partial charge in [0.1, 0.15) is 57.5 Å². The van der Waals surface area contributed by atoms with Gasteiger partial charge in [0, 0.05) is 121 Å². The van der Waals surface area contributed by atoms with Crippen LogP contribution in [0.3, 0.4) is 0 Å². The van der Waals surface area contributed by atoms with E-state index < -0.39 is 20.2 Å². The second-order valence-corrected chi connectivity index (χ2v) is 74.5. The molecule has 4 aliphatic rings. The Morgan fingerprint density at radius 1 is 0.628 bits per heavy atom. The van der Waals surface area contributed by atoms with Crippen LogP contribution in [0.25, 0.3) is 0 Å². The first kappa shape index (κ1) is 89.7. The number of nitrogens with zero attached hydrogens (tertiary/aromatic N) is 3. The Morgan fingerprint density at radius 2 is 0.977 bits per heavy atom. The number of ether oxygens (including phenoxy) is 9. The summed E-state index contributed by atoms with van der Waals surface area (Å²) in [6.07, 6.45) is 0.760. The number of aryl methyl sites for hydroxylation is 3. The molecule has 0 radical (unpaired) electrons. The van der Waals surface area contributed by atoms with Gasteiger partial charge in [0.25, 0.3) is 0 Å². The maximum absolute atomic E-state index is 10.7. The van der Waals surface area contributed by atoms with Crippen LogP contribution < -0.4 is 42.6 Å². The molecule has 4 unspecified atom stereocenters. The topological polar surface area (TPSA) is 201 Å². The molecule has 9 rings (SSSR count). The first-order chi connectivity index (χ1) is 40.0. The fourth-order valence-electron chi connectivity index (χ4n) is 7.84. The van der Waals surface area contributed by atoms with Crippen LogP contribution in [0.15, 0.2) is 43.0 Å². The normalized spacial score (nSPS) is 16.7. The van der Waals surface area contributed by atoms with Gasteiger partial charge in [-0.2, -0.15) is 0 Å². The van der Waals surface area contributed by atoms with Crippen molar-refractivity contribution in [2.45, 2.75) is 65.5 Å². The molecule has 18 nitrogen and oxygen atoms in total. The predicted octanol–water partition coefficient (Wildman–Crippen LogP) is 15.9.